The number of hydrogen-bond acceptors (Lipinski definition) is 22. The highest BCUT2D eigenvalue weighted by molar-refractivity contribution is 9.09. The fraction of sp³-hybridized carbons (Fsp3) is 0.531. The van der Waals surface area contributed by atoms with Crippen LogP contribution in [0.2, 0.25) is 0 Å². The molecule has 6 fully saturated rings. The summed E-state index contributed by atoms with van der Waals surface area (Å²) in [6, 6.07) is 23.2. The molecule has 0 spiro atoms. The highest BCUT2D eigenvalue weighted by Gasteiger charge is 2.45. The van der Waals surface area contributed by atoms with Crippen molar-refractivity contribution in [3.63, 3.8) is 0 Å². The topological polar surface area (TPSA) is 287 Å². The van der Waals surface area contributed by atoms with Gasteiger partial charge in [0.25, 0.3) is 11.1 Å². The van der Waals surface area contributed by atoms with Gasteiger partial charge in [0.15, 0.2) is 0 Å². The van der Waals surface area contributed by atoms with Gasteiger partial charge in [0.2, 0.25) is 11.8 Å². The number of para-hydroxylation sites is 3. The zero-order valence-electron chi connectivity index (χ0n) is 62.9. The van der Waals surface area contributed by atoms with Gasteiger partial charge in [-0.2, -0.15) is 0 Å². The minimum Gasteiger partial charge on any atom is -0.496 e. The smallest absolute Gasteiger partial charge is 0.333 e. The summed E-state index contributed by atoms with van der Waals surface area (Å²) in [5.41, 5.74) is -3.09. The Hall–Kier alpha value is -8.06. The third kappa shape index (κ3) is 16.4. The minimum atomic E-state index is -1.81. The molecule has 3 saturated heterocycles. The number of carbonyl (C=O) groups is 2. The molecule has 109 heavy (non-hydrogen) atoms. The van der Waals surface area contributed by atoms with Crippen LogP contribution in [0.5, 0.6) is 17.2 Å². The number of carbonyl (C=O) groups excluding carboxylic acids is 1. The summed E-state index contributed by atoms with van der Waals surface area (Å²) in [4.78, 5) is 93.5. The second kappa shape index (κ2) is 33.5. The van der Waals surface area contributed by atoms with Crippen molar-refractivity contribution >= 4 is 71.0 Å². The van der Waals surface area contributed by atoms with Crippen LogP contribution in [-0.4, -0.2) is 135 Å². The van der Waals surface area contributed by atoms with Crippen molar-refractivity contribution in [2.24, 2.45) is 35.5 Å². The van der Waals surface area contributed by atoms with Crippen LogP contribution in [0.1, 0.15) is 141 Å². The van der Waals surface area contributed by atoms with E-state index in [9.17, 15) is 33.9 Å². The molecule has 6 aromatic heterocycles. The van der Waals surface area contributed by atoms with Gasteiger partial charge in [-0.25, -0.2) is 38.3 Å². The number of fused-ring (bicyclic) bond motifs is 5. The maximum absolute atomic E-state index is 14.6. The molecule has 586 valence electrons. The number of nitrogens with zero attached hydrogens (tertiary/aromatic N) is 6. The molecular formula is C81H99BrN6O19S2. The van der Waals surface area contributed by atoms with Crippen molar-refractivity contribution in [2.75, 3.05) is 66.3 Å². The van der Waals surface area contributed by atoms with Crippen molar-refractivity contribution in [2.45, 2.75) is 175 Å². The first kappa shape index (κ1) is 80.5. The second-order valence-electron chi connectivity index (χ2n) is 30.8. The van der Waals surface area contributed by atoms with Crippen LogP contribution in [0, 0.1) is 49.4 Å². The number of alkyl halides is 1. The molecule has 6 aliphatic rings. The molecule has 3 aliphatic heterocycles. The monoisotopic (exact) mass is 1600 g/mol. The largest absolute Gasteiger partial charge is 0.496 e. The number of carboxylic acids is 1. The van der Waals surface area contributed by atoms with E-state index >= 15 is 0 Å². The van der Waals surface area contributed by atoms with E-state index in [0.29, 0.717) is 101 Å². The third-order valence-electron chi connectivity index (χ3n) is 22.0. The lowest BCUT2D eigenvalue weighted by Crippen LogP contribution is -2.54. The summed E-state index contributed by atoms with van der Waals surface area (Å²) in [5, 5.41) is 11.4. The van der Waals surface area contributed by atoms with Gasteiger partial charge in [0.05, 0.1) is 91.8 Å². The first-order chi connectivity index (χ1) is 51.7. The number of ether oxygens (including phenoxy) is 10. The summed E-state index contributed by atoms with van der Waals surface area (Å²) in [7, 11) is 4.90. The van der Waals surface area contributed by atoms with E-state index < -0.39 is 63.3 Å². The molecule has 25 nitrogen and oxygen atoms in total. The Morgan fingerprint density at radius 3 is 1.17 bits per heavy atom. The summed E-state index contributed by atoms with van der Waals surface area (Å²) in [6.45, 7) is 19.4. The zero-order chi connectivity index (χ0) is 76.7. The maximum atomic E-state index is 14.6. The van der Waals surface area contributed by atoms with Crippen molar-refractivity contribution in [1.29, 1.82) is 0 Å². The molecule has 0 bridgehead atoms. The van der Waals surface area contributed by atoms with Gasteiger partial charge >= 0.3 is 23.3 Å². The molecule has 9 aromatic rings. The van der Waals surface area contributed by atoms with E-state index in [0.717, 1.165) is 115 Å². The summed E-state index contributed by atoms with van der Waals surface area (Å²) < 4.78 is 75.4. The molecule has 3 aliphatic carbocycles. The number of methoxy groups -OCH3 is 3. The summed E-state index contributed by atoms with van der Waals surface area (Å²) in [5.74, 6) is 3.96. The third-order valence-corrected chi connectivity index (χ3v) is 25.2. The Morgan fingerprint density at radius 1 is 0.532 bits per heavy atom. The molecule has 9 heterocycles. The highest BCUT2D eigenvalue weighted by atomic mass is 79.9. The molecule has 0 amide bonds. The number of esters is 1. The van der Waals surface area contributed by atoms with Crippen LogP contribution in [0.3, 0.4) is 0 Å². The van der Waals surface area contributed by atoms with Crippen LogP contribution in [-0.2, 0) is 66.9 Å². The van der Waals surface area contributed by atoms with Crippen molar-refractivity contribution in [1.82, 2.24) is 28.2 Å². The quantitative estimate of drug-likeness (QED) is 0.0460. The summed E-state index contributed by atoms with van der Waals surface area (Å²) in [6.07, 6.45) is 10.7. The first-order valence-electron chi connectivity index (χ1n) is 36.7. The number of oxazole rings is 2. The van der Waals surface area contributed by atoms with Gasteiger partial charge < -0.3 is 61.3 Å². The highest BCUT2D eigenvalue weighted by Crippen LogP contribution is 2.46. The number of aliphatic carboxylic acids is 1. The Morgan fingerprint density at radius 2 is 0.862 bits per heavy atom. The van der Waals surface area contributed by atoms with Gasteiger partial charge in [0, 0.05) is 61.7 Å². The minimum absolute atomic E-state index is 0. The van der Waals surface area contributed by atoms with E-state index in [1.807, 2.05) is 66.7 Å². The predicted molar refractivity (Wildman–Crippen MR) is 417 cm³/mol. The Balaban J connectivity index is 0.000000162. The normalized spacial score (nSPS) is 22.4. The number of hydrogen-bond donors (Lipinski definition) is 1. The molecule has 15 rings (SSSR count). The number of halogens is 1. The van der Waals surface area contributed by atoms with Crippen LogP contribution >= 0.6 is 38.6 Å². The Kier molecular flexibility index (Phi) is 24.7. The average molecular weight is 1600 g/mol. The molecule has 1 N–H and O–H groups in total. The van der Waals surface area contributed by atoms with E-state index in [-0.39, 0.29) is 44.2 Å². The first-order valence-corrected chi connectivity index (χ1v) is 39.5. The van der Waals surface area contributed by atoms with Gasteiger partial charge in [-0.3, -0.25) is 18.7 Å². The fourth-order valence-electron chi connectivity index (χ4n) is 16.3. The lowest BCUT2D eigenvalue weighted by Gasteiger charge is -2.30. The number of aryl methyl sites for hydroxylation is 2. The van der Waals surface area contributed by atoms with Crippen molar-refractivity contribution in [3.8, 4) is 38.8 Å². The van der Waals surface area contributed by atoms with Gasteiger partial charge in [0.1, 0.15) is 68.3 Å². The van der Waals surface area contributed by atoms with Crippen LogP contribution in [0.25, 0.3) is 42.0 Å². The number of aromatic nitrogens is 6. The Bertz CT molecular complexity index is 4920. The second-order valence-corrected chi connectivity index (χ2v) is 33.5. The lowest BCUT2D eigenvalue weighted by molar-refractivity contribution is -0.164. The number of thiophene rings is 2. The standard InChI is InChI=1S/C34H41N3O8S.C30H33N3O8S.C16H21BrO3.CH4/c1-19-26-29(38)37(34(5,6)31(39)45-33(2,3)4)32(40)36(30(26)46-27(19)28-35-12-13-43-28)16-25(23-10-8-9-11-24(23)41-7)44-22-14-20-17-42-18-21(20)15-22;1-16-23-26(34)33(30(2,3)28(35)36)29(37)32(27(23)42-24(16)25-31-9-10-40-25)13-22(20-7-5-6-8-21(20)38-4)41-19-11-17-14-39-15-18(17)12-19;1-18-15-5-3-2-4-14(15)16(8-17)20-13-6-11-9-19-10-12(11)7-13;/h8-13,20-22,25H,14-18H2,1-7H3;5-10,17-19,22H,11-15H2,1-4H3,(H,35,36);2-5,11-13,16H,6-10H2,1H3;1H4/t20-,21+,22?,25-;17-,18+,19?,22-;11-,12+,13?,16-;/m000./s1. The molecule has 0 radical (unpaired) electrons. The van der Waals surface area contributed by atoms with Crippen LogP contribution < -0.4 is 36.7 Å². The van der Waals surface area contributed by atoms with Gasteiger partial charge in [-0.05, 0) is 166 Å². The van der Waals surface area contributed by atoms with Gasteiger partial charge in [-0.15, -0.1) is 22.7 Å². The molecule has 12 atom stereocenters. The maximum Gasteiger partial charge on any atom is 0.333 e. The fourth-order valence-corrected chi connectivity index (χ4v) is 19.2. The van der Waals surface area contributed by atoms with E-state index in [1.165, 1.54) is 79.9 Å². The van der Waals surface area contributed by atoms with E-state index in [1.54, 1.807) is 60.5 Å². The van der Waals surface area contributed by atoms with E-state index in [2.05, 4.69) is 32.0 Å². The summed E-state index contributed by atoms with van der Waals surface area (Å²) >= 11 is 6.04. The Labute approximate surface area is 648 Å². The predicted octanol–water partition coefficient (Wildman–Crippen LogP) is 13.9. The molecule has 28 heteroatoms. The molecule has 3 saturated carbocycles. The zero-order valence-corrected chi connectivity index (χ0v) is 66.2. The molecule has 3 unspecified atom stereocenters. The number of rotatable bonds is 23. The molecular weight excluding hydrogens is 1500 g/mol. The molecule has 3 aromatic carbocycles. The van der Waals surface area contributed by atoms with Crippen molar-refractivity contribution in [3.05, 3.63) is 167 Å². The SMILES string of the molecule is C.COc1ccccc1[C@H](CBr)OC1C[C@H]2COC[C@H]2C1.COc1ccccc1[C@H](Cn1c(=O)n(C(C)(C)C(=O)O)c(=O)c2c(C)c(-c3ncco3)sc21)OC1C[C@H]2COC[C@H]2C1.COc1ccccc1[C@H](Cn1c(=O)n(C(C)(C)C(=O)OC(C)(C)C)c(=O)c2c(C)c(-c3ncco3)sc21)OC1C[C@H]2COC[C@H]2C1. The van der Waals surface area contributed by atoms with Gasteiger partial charge in [-0.1, -0.05) is 78.0 Å². The lowest BCUT2D eigenvalue weighted by atomic mass is 10.0. The number of carboxylic acid groups (broad SMARTS) is 1. The van der Waals surface area contributed by atoms with Crippen molar-refractivity contribution < 1.29 is 70.9 Å². The average Bonchev–Trinajstić information content (AvgIpc) is 1.63. The van der Waals surface area contributed by atoms with Crippen LogP contribution in [0.15, 0.2) is 126 Å². The van der Waals surface area contributed by atoms with E-state index in [4.69, 9.17) is 56.2 Å². The van der Waals surface area contributed by atoms with Crippen LogP contribution in [0.4, 0.5) is 0 Å². The number of benzene rings is 3.